The van der Waals surface area contributed by atoms with Gasteiger partial charge in [-0.2, -0.15) is 0 Å². The fourth-order valence-electron chi connectivity index (χ4n) is 1.85. The third-order valence-corrected chi connectivity index (χ3v) is 3.95. The first kappa shape index (κ1) is 13.6. The van der Waals surface area contributed by atoms with Gasteiger partial charge in [0.05, 0.1) is 5.01 Å². The summed E-state index contributed by atoms with van der Waals surface area (Å²) in [6.45, 7) is 2.82. The molecule has 2 rings (SSSR count). The van der Waals surface area contributed by atoms with Crippen LogP contribution in [0.15, 0.2) is 34.2 Å². The van der Waals surface area contributed by atoms with E-state index >= 15 is 0 Å². The maximum atomic E-state index is 14.0. The second kappa shape index (κ2) is 6.41. The number of benzene rings is 1. The smallest absolute Gasteiger partial charge is 0.129 e. The summed E-state index contributed by atoms with van der Waals surface area (Å²) >= 11 is 4.87. The van der Waals surface area contributed by atoms with E-state index in [1.807, 2.05) is 24.4 Å². The predicted molar refractivity (Wildman–Crippen MR) is 76.3 cm³/mol. The summed E-state index contributed by atoms with van der Waals surface area (Å²) in [4.78, 5) is 4.26. The van der Waals surface area contributed by atoms with Gasteiger partial charge in [-0.05, 0) is 18.7 Å². The van der Waals surface area contributed by atoms with Gasteiger partial charge in [0, 0.05) is 34.1 Å². The van der Waals surface area contributed by atoms with Crippen molar-refractivity contribution in [2.24, 2.45) is 0 Å². The number of aromatic nitrogens is 1. The molecule has 0 aliphatic carbocycles. The first-order valence-corrected chi connectivity index (χ1v) is 7.44. The lowest BCUT2D eigenvalue weighted by molar-refractivity contribution is 0.509. The van der Waals surface area contributed by atoms with Gasteiger partial charge in [0.1, 0.15) is 5.82 Å². The van der Waals surface area contributed by atoms with Crippen molar-refractivity contribution in [3.63, 3.8) is 0 Å². The number of hydrogen-bond acceptors (Lipinski definition) is 3. The average molecular weight is 329 g/mol. The lowest BCUT2D eigenvalue weighted by Crippen LogP contribution is -2.23. The van der Waals surface area contributed by atoms with Crippen molar-refractivity contribution in [3.05, 3.63) is 50.6 Å². The van der Waals surface area contributed by atoms with Crippen molar-refractivity contribution in [1.82, 2.24) is 10.3 Å². The molecule has 0 saturated heterocycles. The molecule has 2 nitrogen and oxygen atoms in total. The SMILES string of the molecule is CCNC(Cc1nccs1)c1ccc(Br)cc1F. The van der Waals surface area contributed by atoms with Crippen molar-refractivity contribution in [1.29, 1.82) is 0 Å². The highest BCUT2D eigenvalue weighted by atomic mass is 79.9. The molecule has 0 saturated carbocycles. The van der Waals surface area contributed by atoms with Crippen LogP contribution in [-0.2, 0) is 6.42 Å². The molecule has 0 spiro atoms. The second-order valence-corrected chi connectivity index (χ2v) is 5.80. The molecule has 0 bridgehead atoms. The molecule has 1 heterocycles. The van der Waals surface area contributed by atoms with Gasteiger partial charge in [-0.1, -0.05) is 28.9 Å². The van der Waals surface area contributed by atoms with E-state index < -0.39 is 0 Å². The molecular weight excluding hydrogens is 315 g/mol. The summed E-state index contributed by atoms with van der Waals surface area (Å²) in [6.07, 6.45) is 2.49. The maximum Gasteiger partial charge on any atom is 0.129 e. The largest absolute Gasteiger partial charge is 0.310 e. The van der Waals surface area contributed by atoms with Gasteiger partial charge in [-0.15, -0.1) is 11.3 Å². The third-order valence-electron chi connectivity index (χ3n) is 2.65. The number of rotatable bonds is 5. The lowest BCUT2D eigenvalue weighted by Gasteiger charge is -2.18. The Balaban J connectivity index is 2.23. The molecule has 5 heteroatoms. The van der Waals surface area contributed by atoms with Crippen LogP contribution in [0.25, 0.3) is 0 Å². The third kappa shape index (κ3) is 3.37. The first-order chi connectivity index (χ1) is 8.70. The van der Waals surface area contributed by atoms with E-state index in [1.54, 1.807) is 17.5 Å². The highest BCUT2D eigenvalue weighted by Crippen LogP contribution is 2.24. The zero-order valence-electron chi connectivity index (χ0n) is 9.99. The molecule has 1 atom stereocenters. The monoisotopic (exact) mass is 328 g/mol. The normalized spacial score (nSPS) is 12.6. The molecule has 18 heavy (non-hydrogen) atoms. The van der Waals surface area contributed by atoms with Crippen LogP contribution in [0.4, 0.5) is 4.39 Å². The Kier molecular flexibility index (Phi) is 4.86. The lowest BCUT2D eigenvalue weighted by atomic mass is 10.0. The number of thiazole rings is 1. The summed E-state index contributed by atoms with van der Waals surface area (Å²) in [7, 11) is 0. The average Bonchev–Trinajstić information content (AvgIpc) is 2.81. The summed E-state index contributed by atoms with van der Waals surface area (Å²) in [5.74, 6) is -0.188. The molecule has 96 valence electrons. The van der Waals surface area contributed by atoms with E-state index in [4.69, 9.17) is 0 Å². The number of nitrogens with zero attached hydrogens (tertiary/aromatic N) is 1. The van der Waals surface area contributed by atoms with Gasteiger partial charge in [0.15, 0.2) is 0 Å². The van der Waals surface area contributed by atoms with Crippen molar-refractivity contribution in [3.8, 4) is 0 Å². The van der Waals surface area contributed by atoms with Crippen LogP contribution in [0.1, 0.15) is 23.5 Å². The Labute approximate surface area is 118 Å². The molecule has 2 aromatic rings. The van der Waals surface area contributed by atoms with Gasteiger partial charge in [-0.3, -0.25) is 0 Å². The quantitative estimate of drug-likeness (QED) is 0.899. The summed E-state index contributed by atoms with van der Waals surface area (Å²) < 4.78 is 14.7. The molecule has 0 radical (unpaired) electrons. The molecule has 0 amide bonds. The minimum Gasteiger partial charge on any atom is -0.310 e. The van der Waals surface area contributed by atoms with E-state index in [9.17, 15) is 4.39 Å². The summed E-state index contributed by atoms with van der Waals surface area (Å²) in [5, 5.41) is 6.27. The van der Waals surface area contributed by atoms with E-state index in [2.05, 4.69) is 26.2 Å². The van der Waals surface area contributed by atoms with Crippen molar-refractivity contribution < 1.29 is 4.39 Å². The van der Waals surface area contributed by atoms with E-state index in [0.29, 0.717) is 12.0 Å². The Morgan fingerprint density at radius 3 is 2.94 bits per heavy atom. The molecule has 0 aliphatic heterocycles. The Bertz CT molecular complexity index is 502. The van der Waals surface area contributed by atoms with Crippen molar-refractivity contribution in [2.75, 3.05) is 6.54 Å². The van der Waals surface area contributed by atoms with Gasteiger partial charge >= 0.3 is 0 Å². The first-order valence-electron chi connectivity index (χ1n) is 5.77. The Morgan fingerprint density at radius 1 is 1.50 bits per heavy atom. The zero-order chi connectivity index (χ0) is 13.0. The van der Waals surface area contributed by atoms with Gasteiger partial charge in [0.2, 0.25) is 0 Å². The molecule has 0 aliphatic rings. The van der Waals surface area contributed by atoms with Crippen LogP contribution < -0.4 is 5.32 Å². The summed E-state index contributed by atoms with van der Waals surface area (Å²) in [6, 6.07) is 5.15. The van der Waals surface area contributed by atoms with Gasteiger partial charge in [0.25, 0.3) is 0 Å². The predicted octanol–water partition coefficient (Wildman–Crippen LogP) is 3.94. The second-order valence-electron chi connectivity index (χ2n) is 3.91. The minimum absolute atomic E-state index is 0.0331. The highest BCUT2D eigenvalue weighted by Gasteiger charge is 2.16. The molecular formula is C13H14BrFN2S. The number of hydrogen-bond donors (Lipinski definition) is 1. The number of nitrogens with one attached hydrogen (secondary N) is 1. The zero-order valence-corrected chi connectivity index (χ0v) is 12.4. The Morgan fingerprint density at radius 2 is 2.33 bits per heavy atom. The number of halogens is 2. The fourth-order valence-corrected chi connectivity index (χ4v) is 2.85. The van der Waals surface area contributed by atoms with E-state index in [-0.39, 0.29) is 11.9 Å². The minimum atomic E-state index is -0.188. The van der Waals surface area contributed by atoms with Gasteiger partial charge in [-0.25, -0.2) is 9.37 Å². The highest BCUT2D eigenvalue weighted by molar-refractivity contribution is 9.10. The molecule has 0 fully saturated rings. The van der Waals surface area contributed by atoms with Gasteiger partial charge < -0.3 is 5.32 Å². The number of likely N-dealkylation sites (N-methyl/N-ethyl adjacent to an activating group) is 1. The van der Waals surface area contributed by atoms with Crippen LogP contribution in [-0.4, -0.2) is 11.5 Å². The molecule has 1 N–H and O–H groups in total. The molecule has 1 aromatic carbocycles. The van der Waals surface area contributed by atoms with Crippen LogP contribution in [0.2, 0.25) is 0 Å². The van der Waals surface area contributed by atoms with Crippen LogP contribution >= 0.6 is 27.3 Å². The molecule has 1 unspecified atom stereocenters. The molecule has 1 aromatic heterocycles. The van der Waals surface area contributed by atoms with E-state index in [1.165, 1.54) is 6.07 Å². The van der Waals surface area contributed by atoms with Crippen molar-refractivity contribution in [2.45, 2.75) is 19.4 Å². The van der Waals surface area contributed by atoms with Crippen LogP contribution in [0, 0.1) is 5.82 Å². The van der Waals surface area contributed by atoms with Crippen LogP contribution in [0.5, 0.6) is 0 Å². The standard InChI is InChI=1S/C13H14BrFN2S/c1-2-16-12(8-13-17-5-6-18-13)10-4-3-9(14)7-11(10)15/h3-7,12,16H,2,8H2,1H3. The summed E-state index contributed by atoms with van der Waals surface area (Å²) in [5.41, 5.74) is 0.690. The van der Waals surface area contributed by atoms with E-state index in [0.717, 1.165) is 16.0 Å². The topological polar surface area (TPSA) is 24.9 Å². The Hall–Kier alpha value is -0.780. The van der Waals surface area contributed by atoms with Crippen LogP contribution in [0.3, 0.4) is 0 Å². The maximum absolute atomic E-state index is 14.0. The fraction of sp³-hybridized carbons (Fsp3) is 0.308. The van der Waals surface area contributed by atoms with Crippen molar-refractivity contribution >= 4 is 27.3 Å².